The third kappa shape index (κ3) is 3.95. The Morgan fingerprint density at radius 3 is 2.81 bits per heavy atom. The zero-order chi connectivity index (χ0) is 15.3. The Kier molecular flexibility index (Phi) is 5.20. The number of carbonyl (C=O) groups is 1. The molecule has 1 fully saturated rings. The molecule has 1 aliphatic heterocycles. The molecule has 5 heteroatoms. The van der Waals surface area contributed by atoms with Gasteiger partial charge in [0.1, 0.15) is 6.61 Å². The molecule has 0 radical (unpaired) electrons. The Hall–Kier alpha value is -1.59. The first kappa shape index (κ1) is 15.8. The van der Waals surface area contributed by atoms with Crippen molar-refractivity contribution in [2.24, 2.45) is 5.92 Å². The van der Waals surface area contributed by atoms with Crippen molar-refractivity contribution in [1.29, 1.82) is 0 Å². The maximum Gasteiger partial charge on any atom is 0.410 e. The molecule has 2 rings (SSSR count). The fourth-order valence-electron chi connectivity index (χ4n) is 2.65. The van der Waals surface area contributed by atoms with Crippen molar-refractivity contribution >= 4 is 6.09 Å². The van der Waals surface area contributed by atoms with E-state index in [2.05, 4.69) is 0 Å². The second-order valence-corrected chi connectivity index (χ2v) is 5.73. The van der Waals surface area contributed by atoms with Crippen LogP contribution < -0.4 is 0 Å². The summed E-state index contributed by atoms with van der Waals surface area (Å²) < 4.78 is 5.27. The van der Waals surface area contributed by atoms with E-state index >= 15 is 0 Å². The van der Waals surface area contributed by atoms with Crippen LogP contribution in [0.3, 0.4) is 0 Å². The normalized spacial score (nSPS) is 23.1. The van der Waals surface area contributed by atoms with E-state index in [1.165, 1.54) is 4.90 Å². The maximum absolute atomic E-state index is 12.0. The van der Waals surface area contributed by atoms with Gasteiger partial charge in [-0.2, -0.15) is 0 Å². The highest BCUT2D eigenvalue weighted by Gasteiger charge is 2.42. The third-order valence-corrected chi connectivity index (χ3v) is 4.22. The number of aliphatic hydroxyl groups excluding tert-OH is 1. The summed E-state index contributed by atoms with van der Waals surface area (Å²) in [6.45, 7) is 2.93. The Morgan fingerprint density at radius 1 is 1.43 bits per heavy atom. The van der Waals surface area contributed by atoms with E-state index in [4.69, 9.17) is 9.84 Å². The second kappa shape index (κ2) is 6.91. The van der Waals surface area contributed by atoms with Crippen molar-refractivity contribution in [1.82, 2.24) is 4.90 Å². The number of nitrogens with zero attached hydrogens (tertiary/aromatic N) is 1. The van der Waals surface area contributed by atoms with E-state index in [-0.39, 0.29) is 25.7 Å². The summed E-state index contributed by atoms with van der Waals surface area (Å²) in [7, 11) is 0. The van der Waals surface area contributed by atoms with Crippen molar-refractivity contribution in [3.8, 4) is 0 Å². The van der Waals surface area contributed by atoms with Crippen LogP contribution in [0.5, 0.6) is 0 Å². The summed E-state index contributed by atoms with van der Waals surface area (Å²) in [5.41, 5.74) is 0.0167. The molecule has 116 valence electrons. The van der Waals surface area contributed by atoms with Crippen LogP contribution in [-0.2, 0) is 11.3 Å². The van der Waals surface area contributed by atoms with Gasteiger partial charge in [-0.3, -0.25) is 0 Å². The number of β-amino-alcohol motifs (C(OH)–C–C–N with tert-alkyl or cyclic N) is 1. The standard InChI is InChI=1S/C16H23NO4/c1-13(7-10-18)16(20)8-9-17(12-16)15(19)21-11-14-5-3-2-4-6-14/h2-6,13,18,20H,7-12H2,1H3. The molecule has 1 aromatic rings. The van der Waals surface area contributed by atoms with Gasteiger partial charge in [-0.1, -0.05) is 37.3 Å². The largest absolute Gasteiger partial charge is 0.445 e. The van der Waals surface area contributed by atoms with Gasteiger partial charge in [0.05, 0.1) is 12.1 Å². The molecule has 0 aromatic heterocycles. The van der Waals surface area contributed by atoms with Crippen molar-refractivity contribution in [3.63, 3.8) is 0 Å². The molecule has 0 spiro atoms. The van der Waals surface area contributed by atoms with E-state index in [0.29, 0.717) is 19.4 Å². The van der Waals surface area contributed by atoms with Crippen molar-refractivity contribution in [2.45, 2.75) is 32.0 Å². The molecule has 1 aliphatic rings. The first-order chi connectivity index (χ1) is 10.0. The van der Waals surface area contributed by atoms with Crippen molar-refractivity contribution < 1.29 is 19.7 Å². The summed E-state index contributed by atoms with van der Waals surface area (Å²) in [4.78, 5) is 13.6. The zero-order valence-corrected chi connectivity index (χ0v) is 12.4. The summed E-state index contributed by atoms with van der Waals surface area (Å²) >= 11 is 0. The van der Waals surface area contributed by atoms with E-state index < -0.39 is 11.7 Å². The summed E-state index contributed by atoms with van der Waals surface area (Å²) in [5, 5.41) is 19.5. The number of hydrogen-bond acceptors (Lipinski definition) is 4. The highest BCUT2D eigenvalue weighted by Crippen LogP contribution is 2.31. The van der Waals surface area contributed by atoms with Crippen LogP contribution >= 0.6 is 0 Å². The lowest BCUT2D eigenvalue weighted by molar-refractivity contribution is -0.0113. The van der Waals surface area contributed by atoms with Gasteiger partial charge < -0.3 is 19.8 Å². The van der Waals surface area contributed by atoms with E-state index in [0.717, 1.165) is 5.56 Å². The lowest BCUT2D eigenvalue weighted by atomic mass is 9.86. The lowest BCUT2D eigenvalue weighted by Crippen LogP contribution is -2.41. The highest BCUT2D eigenvalue weighted by atomic mass is 16.6. The lowest BCUT2D eigenvalue weighted by Gasteiger charge is -2.29. The van der Waals surface area contributed by atoms with Crippen LogP contribution in [0.4, 0.5) is 4.79 Å². The number of hydrogen-bond donors (Lipinski definition) is 2. The SMILES string of the molecule is CC(CCO)C1(O)CCN(C(=O)OCc2ccccc2)C1. The van der Waals surface area contributed by atoms with Gasteiger partial charge >= 0.3 is 6.09 Å². The fourth-order valence-corrected chi connectivity index (χ4v) is 2.65. The second-order valence-electron chi connectivity index (χ2n) is 5.73. The Balaban J connectivity index is 1.84. The van der Waals surface area contributed by atoms with Crippen LogP contribution in [0.25, 0.3) is 0 Å². The molecular weight excluding hydrogens is 270 g/mol. The number of aliphatic hydroxyl groups is 2. The van der Waals surface area contributed by atoms with Gasteiger partial charge in [-0.05, 0) is 24.3 Å². The smallest absolute Gasteiger partial charge is 0.410 e. The van der Waals surface area contributed by atoms with Gasteiger partial charge in [0.15, 0.2) is 0 Å². The van der Waals surface area contributed by atoms with Crippen LogP contribution in [0.2, 0.25) is 0 Å². The fraction of sp³-hybridized carbons (Fsp3) is 0.562. The van der Waals surface area contributed by atoms with Gasteiger partial charge in [0.25, 0.3) is 0 Å². The third-order valence-electron chi connectivity index (χ3n) is 4.22. The van der Waals surface area contributed by atoms with Gasteiger partial charge in [-0.15, -0.1) is 0 Å². The Bertz CT molecular complexity index is 465. The minimum Gasteiger partial charge on any atom is -0.445 e. The maximum atomic E-state index is 12.0. The molecule has 0 saturated carbocycles. The molecule has 2 unspecified atom stereocenters. The summed E-state index contributed by atoms with van der Waals surface area (Å²) in [6, 6.07) is 9.50. The molecule has 21 heavy (non-hydrogen) atoms. The molecule has 1 aromatic carbocycles. The Morgan fingerprint density at radius 2 is 2.14 bits per heavy atom. The van der Waals surface area contributed by atoms with E-state index in [1.807, 2.05) is 37.3 Å². The van der Waals surface area contributed by atoms with Crippen molar-refractivity contribution in [2.75, 3.05) is 19.7 Å². The minimum atomic E-state index is -0.922. The number of ether oxygens (including phenoxy) is 1. The van der Waals surface area contributed by atoms with E-state index in [9.17, 15) is 9.90 Å². The average molecular weight is 293 g/mol. The molecule has 1 amide bonds. The number of likely N-dealkylation sites (tertiary alicyclic amines) is 1. The topological polar surface area (TPSA) is 70.0 Å². The molecule has 1 saturated heterocycles. The molecule has 2 atom stereocenters. The predicted octanol–water partition coefficient (Wildman–Crippen LogP) is 1.78. The van der Waals surface area contributed by atoms with Crippen LogP contribution in [0, 0.1) is 5.92 Å². The van der Waals surface area contributed by atoms with Gasteiger partial charge in [0.2, 0.25) is 0 Å². The minimum absolute atomic E-state index is 0.0436. The molecular formula is C16H23NO4. The monoisotopic (exact) mass is 293 g/mol. The van der Waals surface area contributed by atoms with Crippen LogP contribution in [0.1, 0.15) is 25.3 Å². The highest BCUT2D eigenvalue weighted by molar-refractivity contribution is 5.68. The number of carbonyl (C=O) groups excluding carboxylic acids is 1. The summed E-state index contributed by atoms with van der Waals surface area (Å²) in [6.07, 6.45) is 0.656. The van der Waals surface area contributed by atoms with Crippen LogP contribution in [0.15, 0.2) is 30.3 Å². The molecule has 2 N–H and O–H groups in total. The molecule has 0 aliphatic carbocycles. The van der Waals surface area contributed by atoms with E-state index in [1.54, 1.807) is 0 Å². The predicted molar refractivity (Wildman–Crippen MR) is 78.6 cm³/mol. The number of rotatable bonds is 5. The van der Waals surface area contributed by atoms with Crippen LogP contribution in [-0.4, -0.2) is 46.5 Å². The first-order valence-corrected chi connectivity index (χ1v) is 7.34. The molecule has 0 bridgehead atoms. The number of benzene rings is 1. The molecule has 5 nitrogen and oxygen atoms in total. The number of amides is 1. The van der Waals surface area contributed by atoms with Gasteiger partial charge in [0, 0.05) is 13.2 Å². The summed E-state index contributed by atoms with van der Waals surface area (Å²) in [5.74, 6) is -0.0468. The first-order valence-electron chi connectivity index (χ1n) is 7.34. The molecule has 1 heterocycles. The van der Waals surface area contributed by atoms with Crippen molar-refractivity contribution in [3.05, 3.63) is 35.9 Å². The average Bonchev–Trinajstić information content (AvgIpc) is 2.90. The zero-order valence-electron chi connectivity index (χ0n) is 12.4. The van der Waals surface area contributed by atoms with Gasteiger partial charge in [-0.25, -0.2) is 4.79 Å². The Labute approximate surface area is 125 Å². The quantitative estimate of drug-likeness (QED) is 0.868.